The predicted octanol–water partition coefficient (Wildman–Crippen LogP) is 2.89. The number of imide groups is 1. The predicted molar refractivity (Wildman–Crippen MR) is 88.4 cm³/mol. The van der Waals surface area contributed by atoms with Crippen LogP contribution in [0.4, 0.5) is 4.79 Å². The molecule has 1 saturated heterocycles. The van der Waals surface area contributed by atoms with Crippen molar-refractivity contribution in [3.63, 3.8) is 0 Å². The lowest BCUT2D eigenvalue weighted by Gasteiger charge is -2.22. The molecule has 124 valence electrons. The maximum atomic E-state index is 12.6. The van der Waals surface area contributed by atoms with Crippen LogP contribution in [-0.4, -0.2) is 34.2 Å². The Morgan fingerprint density at radius 1 is 1.13 bits per heavy atom. The van der Waals surface area contributed by atoms with Crippen molar-refractivity contribution in [3.8, 4) is 0 Å². The minimum Gasteiger partial charge on any atom is -0.324 e. The van der Waals surface area contributed by atoms with Gasteiger partial charge in [-0.2, -0.15) is 0 Å². The molecule has 1 aromatic carbocycles. The van der Waals surface area contributed by atoms with Gasteiger partial charge in [-0.3, -0.25) is 14.5 Å². The van der Waals surface area contributed by atoms with Gasteiger partial charge in [-0.25, -0.2) is 4.79 Å². The second kappa shape index (κ2) is 5.48. The summed E-state index contributed by atoms with van der Waals surface area (Å²) in [6, 6.07) is 5.98. The first kappa shape index (κ1) is 17.2. The van der Waals surface area contributed by atoms with Crippen molar-refractivity contribution < 1.29 is 14.4 Å². The molecular formula is C18H24N2O3. The highest BCUT2D eigenvalue weighted by molar-refractivity contribution is 6.12. The number of rotatable bonds is 3. The number of carbonyl (C=O) groups excluding carboxylic acids is 3. The number of ketones is 1. The van der Waals surface area contributed by atoms with Crippen LogP contribution in [0.5, 0.6) is 0 Å². The molecule has 0 radical (unpaired) electrons. The highest BCUT2D eigenvalue weighted by atomic mass is 16.2. The zero-order valence-electron chi connectivity index (χ0n) is 14.6. The summed E-state index contributed by atoms with van der Waals surface area (Å²) in [5.74, 6) is -0.624. The Morgan fingerprint density at radius 3 is 2.04 bits per heavy atom. The third-order valence-electron chi connectivity index (χ3n) is 4.19. The van der Waals surface area contributed by atoms with Gasteiger partial charge in [-0.05, 0) is 31.7 Å². The molecule has 0 saturated carbocycles. The van der Waals surface area contributed by atoms with Crippen LogP contribution in [0.25, 0.3) is 0 Å². The maximum Gasteiger partial charge on any atom is 0.325 e. The zero-order chi connectivity index (χ0) is 17.6. The minimum atomic E-state index is -0.971. The molecular weight excluding hydrogens is 292 g/mol. The molecule has 5 heteroatoms. The fraction of sp³-hybridized carbons (Fsp3) is 0.500. The van der Waals surface area contributed by atoms with Crippen molar-refractivity contribution in [2.24, 2.45) is 0 Å². The molecule has 0 bridgehead atoms. The third kappa shape index (κ3) is 3.14. The van der Waals surface area contributed by atoms with E-state index in [9.17, 15) is 14.4 Å². The largest absolute Gasteiger partial charge is 0.325 e. The van der Waals surface area contributed by atoms with Gasteiger partial charge in [0.15, 0.2) is 5.78 Å². The number of urea groups is 1. The van der Waals surface area contributed by atoms with E-state index in [2.05, 4.69) is 26.1 Å². The average molecular weight is 316 g/mol. The Labute approximate surface area is 137 Å². The Balaban J connectivity index is 2.24. The van der Waals surface area contributed by atoms with E-state index >= 15 is 0 Å². The molecule has 1 atom stereocenters. The van der Waals surface area contributed by atoms with Gasteiger partial charge in [0.05, 0.1) is 0 Å². The molecule has 0 spiro atoms. The van der Waals surface area contributed by atoms with Crippen LogP contribution in [0.15, 0.2) is 24.3 Å². The molecule has 0 aromatic heterocycles. The lowest BCUT2D eigenvalue weighted by molar-refractivity contribution is -0.131. The van der Waals surface area contributed by atoms with Crippen LogP contribution >= 0.6 is 0 Å². The maximum absolute atomic E-state index is 12.6. The van der Waals surface area contributed by atoms with Gasteiger partial charge < -0.3 is 5.32 Å². The lowest BCUT2D eigenvalue weighted by atomic mass is 9.86. The average Bonchev–Trinajstić information content (AvgIpc) is 2.65. The number of hydrogen-bond donors (Lipinski definition) is 1. The van der Waals surface area contributed by atoms with Crippen LogP contribution in [0, 0.1) is 0 Å². The first-order valence-corrected chi connectivity index (χ1v) is 7.76. The Kier molecular flexibility index (Phi) is 4.09. The third-order valence-corrected chi connectivity index (χ3v) is 4.19. The smallest absolute Gasteiger partial charge is 0.324 e. The normalized spacial score (nSPS) is 18.8. The number of nitrogens with zero attached hydrogens (tertiary/aromatic N) is 1. The van der Waals surface area contributed by atoms with E-state index in [1.54, 1.807) is 32.9 Å². The van der Waals surface area contributed by atoms with Gasteiger partial charge in [0.2, 0.25) is 0 Å². The standard InChI is InChI=1S/C18H24N2O3/c1-11(20-15(22)18(5,6)19-16(20)23)14(21)12-7-9-13(10-8-12)17(2,3)4/h7-11H,1-6H3,(H,19,23)/t11-/m0/s1. The summed E-state index contributed by atoms with van der Waals surface area (Å²) < 4.78 is 0. The van der Waals surface area contributed by atoms with Gasteiger partial charge in [0.25, 0.3) is 5.91 Å². The second-order valence-electron chi connectivity index (χ2n) is 7.60. The summed E-state index contributed by atoms with van der Waals surface area (Å²) in [5.41, 5.74) is 0.651. The first-order chi connectivity index (χ1) is 10.4. The molecule has 1 fully saturated rings. The molecule has 5 nitrogen and oxygen atoms in total. The molecule has 0 aliphatic carbocycles. The van der Waals surface area contributed by atoms with Crippen molar-refractivity contribution >= 4 is 17.7 Å². The number of hydrogen-bond acceptors (Lipinski definition) is 3. The summed E-state index contributed by atoms with van der Waals surface area (Å²) in [6.45, 7) is 11.1. The molecule has 1 N–H and O–H groups in total. The van der Waals surface area contributed by atoms with Crippen LogP contribution in [0.2, 0.25) is 0 Å². The Bertz CT molecular complexity index is 654. The number of nitrogens with one attached hydrogen (secondary N) is 1. The van der Waals surface area contributed by atoms with Crippen molar-refractivity contribution in [1.29, 1.82) is 0 Å². The molecule has 1 aliphatic heterocycles. The van der Waals surface area contributed by atoms with Crippen LogP contribution in [0.3, 0.4) is 0 Å². The highest BCUT2D eigenvalue weighted by Crippen LogP contribution is 2.24. The van der Waals surface area contributed by atoms with Crippen LogP contribution in [0.1, 0.15) is 57.5 Å². The van der Waals surface area contributed by atoms with E-state index in [0.717, 1.165) is 10.5 Å². The first-order valence-electron chi connectivity index (χ1n) is 7.76. The summed E-state index contributed by atoms with van der Waals surface area (Å²) in [5, 5.41) is 2.59. The molecule has 3 amide bonds. The van der Waals surface area contributed by atoms with Gasteiger partial charge >= 0.3 is 6.03 Å². The summed E-state index contributed by atoms with van der Waals surface area (Å²) in [7, 11) is 0. The Morgan fingerprint density at radius 2 is 1.65 bits per heavy atom. The van der Waals surface area contributed by atoms with Crippen molar-refractivity contribution in [1.82, 2.24) is 10.2 Å². The van der Waals surface area contributed by atoms with Crippen molar-refractivity contribution in [3.05, 3.63) is 35.4 Å². The van der Waals surface area contributed by atoms with Crippen LogP contribution < -0.4 is 5.32 Å². The highest BCUT2D eigenvalue weighted by Gasteiger charge is 2.47. The monoisotopic (exact) mass is 316 g/mol. The second-order valence-corrected chi connectivity index (χ2v) is 7.60. The van der Waals surface area contributed by atoms with Crippen LogP contribution in [-0.2, 0) is 10.2 Å². The SMILES string of the molecule is C[C@@H](C(=O)c1ccc(C(C)(C)C)cc1)N1C(=O)NC(C)(C)C1=O. The fourth-order valence-electron chi connectivity index (χ4n) is 2.62. The van der Waals surface area contributed by atoms with E-state index in [1.807, 2.05) is 12.1 Å². The number of carbonyl (C=O) groups is 3. The molecule has 23 heavy (non-hydrogen) atoms. The lowest BCUT2D eigenvalue weighted by Crippen LogP contribution is -2.45. The van der Waals surface area contributed by atoms with E-state index in [0.29, 0.717) is 5.56 Å². The van der Waals surface area contributed by atoms with Gasteiger partial charge in [-0.1, -0.05) is 45.0 Å². The van der Waals surface area contributed by atoms with E-state index in [1.165, 1.54) is 0 Å². The zero-order valence-corrected chi connectivity index (χ0v) is 14.6. The van der Waals surface area contributed by atoms with E-state index < -0.39 is 17.6 Å². The molecule has 2 rings (SSSR count). The molecule has 1 aromatic rings. The quantitative estimate of drug-likeness (QED) is 0.689. The molecule has 1 heterocycles. The van der Waals surface area contributed by atoms with Gasteiger partial charge in [-0.15, -0.1) is 0 Å². The van der Waals surface area contributed by atoms with Crippen molar-refractivity contribution in [2.75, 3.05) is 0 Å². The van der Waals surface area contributed by atoms with Gasteiger partial charge in [0, 0.05) is 5.56 Å². The molecule has 0 unspecified atom stereocenters. The molecule has 1 aliphatic rings. The number of Topliss-reactive ketones (excluding diaryl/α,β-unsaturated/α-hetero) is 1. The van der Waals surface area contributed by atoms with E-state index in [4.69, 9.17) is 0 Å². The fourth-order valence-corrected chi connectivity index (χ4v) is 2.62. The van der Waals surface area contributed by atoms with Gasteiger partial charge in [0.1, 0.15) is 11.6 Å². The summed E-state index contributed by atoms with van der Waals surface area (Å²) in [6.07, 6.45) is 0. The number of benzene rings is 1. The number of amides is 3. The van der Waals surface area contributed by atoms with E-state index in [-0.39, 0.29) is 17.1 Å². The minimum absolute atomic E-state index is 0.00201. The topological polar surface area (TPSA) is 66.5 Å². The Hall–Kier alpha value is -2.17. The van der Waals surface area contributed by atoms with Crippen molar-refractivity contribution in [2.45, 2.75) is 58.5 Å². The summed E-state index contributed by atoms with van der Waals surface area (Å²) in [4.78, 5) is 37.9. The summed E-state index contributed by atoms with van der Waals surface area (Å²) >= 11 is 0.